The number of likely N-dealkylation sites (tertiary alicyclic amines) is 1. The van der Waals surface area contributed by atoms with Crippen molar-refractivity contribution in [1.29, 1.82) is 5.41 Å². The molecule has 1 amide bonds. The number of allylic oxidation sites excluding steroid dienone is 4. The quantitative estimate of drug-likeness (QED) is 0.269. The minimum absolute atomic E-state index is 0.0772. The molecule has 1 saturated heterocycles. The molecule has 6 nitrogen and oxygen atoms in total. The molecule has 0 saturated carbocycles. The van der Waals surface area contributed by atoms with Crippen molar-refractivity contribution in [3.8, 4) is 5.75 Å². The van der Waals surface area contributed by atoms with E-state index in [1.165, 1.54) is 29.2 Å². The average Bonchev–Trinajstić information content (AvgIpc) is 3.11. The number of benzene rings is 1. The van der Waals surface area contributed by atoms with E-state index < -0.39 is 18.4 Å². The van der Waals surface area contributed by atoms with Crippen LogP contribution < -0.4 is 10.1 Å². The summed E-state index contributed by atoms with van der Waals surface area (Å²) in [4.78, 5) is 14.3. The van der Waals surface area contributed by atoms with Crippen LogP contribution in [0, 0.1) is 11.3 Å². The van der Waals surface area contributed by atoms with Crippen LogP contribution in [0.5, 0.6) is 5.75 Å². The molecular weight excluding hydrogens is 459 g/mol. The second kappa shape index (κ2) is 12.1. The van der Waals surface area contributed by atoms with Crippen LogP contribution in [0.4, 0.5) is 18.9 Å². The van der Waals surface area contributed by atoms with Gasteiger partial charge in [-0.1, -0.05) is 25.5 Å². The molecule has 1 aliphatic heterocycles. The standard InChI is InChI=1S/C26H34F3N3O3/c1-6-9-20(32-15-14-21(33)25(32)34)22(23(30)17(7-2)8-3)24(16(4)5)31-18-10-12-19(13-11-18)35-26(27,28)29/h6,9-13,17,21,30-31,33H,7-8,14-15H2,1-5H3/b9-6-,22-20+,30-23?. The highest BCUT2D eigenvalue weighted by atomic mass is 19.4. The van der Waals surface area contributed by atoms with Crippen LogP contribution in [0.1, 0.15) is 53.9 Å². The van der Waals surface area contributed by atoms with E-state index in [0.717, 1.165) is 18.4 Å². The summed E-state index contributed by atoms with van der Waals surface area (Å²) in [6.45, 7) is 9.84. The zero-order valence-electron chi connectivity index (χ0n) is 20.8. The largest absolute Gasteiger partial charge is 0.573 e. The number of halogens is 3. The predicted molar refractivity (Wildman–Crippen MR) is 131 cm³/mol. The topological polar surface area (TPSA) is 85.7 Å². The number of ether oxygens (including phenoxy) is 1. The number of nitrogens with one attached hydrogen (secondary N) is 2. The smallest absolute Gasteiger partial charge is 0.406 e. The first-order valence-corrected chi connectivity index (χ1v) is 11.7. The fraction of sp³-hybridized carbons (Fsp3) is 0.462. The van der Waals surface area contributed by atoms with Gasteiger partial charge in [0.05, 0.1) is 5.70 Å². The van der Waals surface area contributed by atoms with E-state index in [4.69, 9.17) is 5.41 Å². The number of alkyl halides is 3. The summed E-state index contributed by atoms with van der Waals surface area (Å²) in [5.41, 5.74) is 3.27. The van der Waals surface area contributed by atoms with Gasteiger partial charge in [-0.15, -0.1) is 13.2 Å². The van der Waals surface area contributed by atoms with Crippen molar-refractivity contribution < 1.29 is 27.8 Å². The molecule has 3 N–H and O–H groups in total. The maximum absolute atomic E-state index is 12.8. The summed E-state index contributed by atoms with van der Waals surface area (Å²) in [7, 11) is 0. The number of carbonyl (C=O) groups is 1. The molecule has 0 spiro atoms. The molecule has 35 heavy (non-hydrogen) atoms. The number of hydrogen-bond acceptors (Lipinski definition) is 5. The molecular formula is C26H34F3N3O3. The first-order valence-electron chi connectivity index (χ1n) is 11.7. The minimum atomic E-state index is -4.78. The number of hydrogen-bond donors (Lipinski definition) is 3. The first kappa shape index (κ1) is 28.2. The number of aliphatic hydroxyl groups is 1. The Labute approximate surface area is 204 Å². The highest BCUT2D eigenvalue weighted by Gasteiger charge is 2.35. The van der Waals surface area contributed by atoms with E-state index in [1.54, 1.807) is 12.2 Å². The summed E-state index contributed by atoms with van der Waals surface area (Å²) in [5.74, 6) is -0.838. The van der Waals surface area contributed by atoms with Crippen molar-refractivity contribution in [3.63, 3.8) is 0 Å². The highest BCUT2D eigenvalue weighted by molar-refractivity contribution is 6.06. The zero-order chi connectivity index (χ0) is 26.3. The van der Waals surface area contributed by atoms with Gasteiger partial charge in [0.2, 0.25) is 0 Å². The third kappa shape index (κ3) is 7.21. The Morgan fingerprint density at radius 1 is 1.26 bits per heavy atom. The monoisotopic (exact) mass is 493 g/mol. The molecule has 0 aromatic heterocycles. The molecule has 1 atom stereocenters. The Morgan fingerprint density at radius 2 is 1.86 bits per heavy atom. The molecule has 192 valence electrons. The molecule has 0 radical (unpaired) electrons. The van der Waals surface area contributed by atoms with E-state index in [9.17, 15) is 23.1 Å². The van der Waals surface area contributed by atoms with Crippen LogP contribution in [0.15, 0.2) is 59.0 Å². The third-order valence-electron chi connectivity index (χ3n) is 5.82. The Balaban J connectivity index is 2.63. The van der Waals surface area contributed by atoms with Crippen molar-refractivity contribution in [2.45, 2.75) is 66.3 Å². The summed E-state index contributed by atoms with van der Waals surface area (Å²) in [5, 5.41) is 22.4. The van der Waals surface area contributed by atoms with Crippen molar-refractivity contribution in [2.75, 3.05) is 11.9 Å². The molecule has 0 bridgehead atoms. The maximum atomic E-state index is 12.8. The van der Waals surface area contributed by atoms with Gasteiger partial charge in [-0.2, -0.15) is 0 Å². The average molecular weight is 494 g/mol. The highest BCUT2D eigenvalue weighted by Crippen LogP contribution is 2.32. The molecule has 0 aliphatic carbocycles. The van der Waals surface area contributed by atoms with Gasteiger partial charge >= 0.3 is 6.36 Å². The van der Waals surface area contributed by atoms with Crippen molar-refractivity contribution in [2.24, 2.45) is 5.92 Å². The number of carbonyl (C=O) groups excluding carboxylic acids is 1. The molecule has 1 aliphatic rings. The number of rotatable bonds is 10. The van der Waals surface area contributed by atoms with Crippen molar-refractivity contribution >= 4 is 17.3 Å². The van der Waals surface area contributed by atoms with E-state index >= 15 is 0 Å². The normalized spacial score (nSPS) is 17.1. The van der Waals surface area contributed by atoms with Gasteiger partial charge < -0.3 is 25.5 Å². The summed E-state index contributed by atoms with van der Waals surface area (Å²) >= 11 is 0. The van der Waals surface area contributed by atoms with Gasteiger partial charge in [-0.25, -0.2) is 0 Å². The second-order valence-corrected chi connectivity index (χ2v) is 8.55. The lowest BCUT2D eigenvalue weighted by atomic mass is 9.87. The van der Waals surface area contributed by atoms with Gasteiger partial charge in [0, 0.05) is 41.6 Å². The Kier molecular flexibility index (Phi) is 9.71. The third-order valence-corrected chi connectivity index (χ3v) is 5.82. The molecule has 2 rings (SSSR count). The van der Waals surface area contributed by atoms with Crippen LogP contribution in [0.25, 0.3) is 0 Å². The lowest BCUT2D eigenvalue weighted by Gasteiger charge is -2.28. The van der Waals surface area contributed by atoms with Crippen LogP contribution in [-0.4, -0.2) is 40.6 Å². The molecule has 1 aromatic carbocycles. The van der Waals surface area contributed by atoms with E-state index in [0.29, 0.717) is 41.3 Å². The maximum Gasteiger partial charge on any atom is 0.573 e. The van der Waals surface area contributed by atoms with Gasteiger partial charge in [0.1, 0.15) is 11.9 Å². The van der Waals surface area contributed by atoms with E-state index in [1.807, 2.05) is 34.6 Å². The predicted octanol–water partition coefficient (Wildman–Crippen LogP) is 6.17. The van der Waals surface area contributed by atoms with Crippen molar-refractivity contribution in [3.05, 3.63) is 59.0 Å². The number of nitrogens with zero attached hydrogens (tertiary/aromatic N) is 1. The van der Waals surface area contributed by atoms with Crippen LogP contribution in [0.3, 0.4) is 0 Å². The van der Waals surface area contributed by atoms with Crippen LogP contribution in [-0.2, 0) is 4.79 Å². The van der Waals surface area contributed by atoms with E-state index in [-0.39, 0.29) is 11.7 Å². The lowest BCUT2D eigenvalue weighted by molar-refractivity contribution is -0.274. The molecule has 1 aromatic rings. The van der Waals surface area contributed by atoms with Gasteiger partial charge in [0.25, 0.3) is 5.91 Å². The Morgan fingerprint density at radius 3 is 2.29 bits per heavy atom. The number of amides is 1. The zero-order valence-corrected chi connectivity index (χ0v) is 20.8. The lowest BCUT2D eigenvalue weighted by Crippen LogP contribution is -2.32. The van der Waals surface area contributed by atoms with Gasteiger partial charge in [-0.05, 0) is 64.0 Å². The van der Waals surface area contributed by atoms with Gasteiger partial charge in [-0.3, -0.25) is 4.79 Å². The number of anilines is 1. The SMILES string of the molecule is C/C=C\C(=C(\C(=N)C(CC)CC)C(Nc1ccc(OC(F)(F)F)cc1)=C(C)C)N1CCC(O)C1=O. The van der Waals surface area contributed by atoms with Crippen molar-refractivity contribution in [1.82, 2.24) is 4.90 Å². The molecule has 9 heteroatoms. The summed E-state index contributed by atoms with van der Waals surface area (Å²) in [6, 6.07) is 5.34. The van der Waals surface area contributed by atoms with Crippen LogP contribution in [0.2, 0.25) is 0 Å². The molecule has 1 fully saturated rings. The summed E-state index contributed by atoms with van der Waals surface area (Å²) < 4.78 is 41.6. The minimum Gasteiger partial charge on any atom is -0.406 e. The molecule has 1 heterocycles. The second-order valence-electron chi connectivity index (χ2n) is 8.55. The Bertz CT molecular complexity index is 1000. The summed E-state index contributed by atoms with van der Waals surface area (Å²) in [6.07, 6.45) is -0.607. The number of aliphatic hydroxyl groups excluding tert-OH is 1. The fourth-order valence-electron chi connectivity index (χ4n) is 3.99. The Hall–Kier alpha value is -3.07. The van der Waals surface area contributed by atoms with Crippen LogP contribution >= 0.6 is 0 Å². The first-order chi connectivity index (χ1) is 16.4. The fourth-order valence-corrected chi connectivity index (χ4v) is 3.99. The van der Waals surface area contributed by atoms with Gasteiger partial charge in [0.15, 0.2) is 0 Å². The van der Waals surface area contributed by atoms with E-state index in [2.05, 4.69) is 10.1 Å². The molecule has 1 unspecified atom stereocenters.